The Bertz CT molecular complexity index is 900. The summed E-state index contributed by atoms with van der Waals surface area (Å²) in [6.45, 7) is 1.79. The number of nitrogens with zero attached hydrogens (tertiary/aromatic N) is 2. The molecule has 0 bridgehead atoms. The Morgan fingerprint density at radius 1 is 1.11 bits per heavy atom. The van der Waals surface area contributed by atoms with Gasteiger partial charge in [-0.25, -0.2) is 4.39 Å². The number of hydrogen-bond acceptors (Lipinski definition) is 6. The first-order chi connectivity index (χ1) is 13.7. The minimum atomic E-state index is -0.317. The summed E-state index contributed by atoms with van der Waals surface area (Å²) < 4.78 is 29.4. The fraction of sp³-hybridized carbons (Fsp3) is 0.333. The van der Waals surface area contributed by atoms with Crippen molar-refractivity contribution in [2.45, 2.75) is 12.8 Å². The van der Waals surface area contributed by atoms with E-state index in [1.807, 2.05) is 24.3 Å². The third kappa shape index (κ3) is 4.24. The number of rotatable bonds is 6. The smallest absolute Gasteiger partial charge is 0.309 e. The largest absolute Gasteiger partial charge is 0.490 e. The molecule has 0 spiro atoms. The molecule has 0 aliphatic carbocycles. The van der Waals surface area contributed by atoms with Crippen LogP contribution in [0.15, 0.2) is 52.9 Å². The van der Waals surface area contributed by atoms with Gasteiger partial charge in [-0.1, -0.05) is 12.1 Å². The van der Waals surface area contributed by atoms with Crippen LogP contribution in [0.4, 0.5) is 10.4 Å². The maximum absolute atomic E-state index is 12.8. The first-order valence-electron chi connectivity index (χ1n) is 9.34. The van der Waals surface area contributed by atoms with Crippen LogP contribution in [0, 0.1) is 11.7 Å². The van der Waals surface area contributed by atoms with Gasteiger partial charge in [-0.3, -0.25) is 4.79 Å². The number of esters is 1. The molecule has 0 radical (unpaired) electrons. The van der Waals surface area contributed by atoms with Gasteiger partial charge in [0.15, 0.2) is 5.58 Å². The van der Waals surface area contributed by atoms with Gasteiger partial charge in [0.05, 0.1) is 5.92 Å². The topological polar surface area (TPSA) is 64.8 Å². The van der Waals surface area contributed by atoms with Crippen molar-refractivity contribution >= 4 is 23.1 Å². The fourth-order valence-corrected chi connectivity index (χ4v) is 3.25. The van der Waals surface area contributed by atoms with E-state index < -0.39 is 0 Å². The van der Waals surface area contributed by atoms with Gasteiger partial charge >= 0.3 is 5.97 Å². The van der Waals surface area contributed by atoms with Crippen LogP contribution in [0.3, 0.4) is 0 Å². The third-order valence-electron chi connectivity index (χ3n) is 4.79. The number of piperidine rings is 1. The molecule has 4 rings (SSSR count). The van der Waals surface area contributed by atoms with Gasteiger partial charge in [0.1, 0.15) is 30.3 Å². The van der Waals surface area contributed by atoms with E-state index in [9.17, 15) is 9.18 Å². The second-order valence-electron chi connectivity index (χ2n) is 6.70. The summed E-state index contributed by atoms with van der Waals surface area (Å²) in [4.78, 5) is 18.8. The molecular weight excluding hydrogens is 363 g/mol. The van der Waals surface area contributed by atoms with Crippen molar-refractivity contribution in [3.8, 4) is 5.75 Å². The molecule has 1 aromatic heterocycles. The maximum Gasteiger partial charge on any atom is 0.309 e. The summed E-state index contributed by atoms with van der Waals surface area (Å²) in [6, 6.07) is 14.0. The number of oxazole rings is 1. The molecule has 6 nitrogen and oxygen atoms in total. The molecule has 0 atom stereocenters. The number of benzene rings is 2. The van der Waals surface area contributed by atoms with Crippen LogP contribution < -0.4 is 9.64 Å². The Morgan fingerprint density at radius 2 is 1.86 bits per heavy atom. The average Bonchev–Trinajstić information content (AvgIpc) is 3.17. The Hall–Kier alpha value is -3.09. The molecule has 2 aromatic carbocycles. The Kier molecular flexibility index (Phi) is 5.41. The number of aromatic nitrogens is 1. The number of carbonyl (C=O) groups is 1. The summed E-state index contributed by atoms with van der Waals surface area (Å²) in [5.74, 6) is -0.113. The highest BCUT2D eigenvalue weighted by atomic mass is 19.1. The zero-order valence-electron chi connectivity index (χ0n) is 15.3. The van der Waals surface area contributed by atoms with Crippen molar-refractivity contribution in [2.75, 3.05) is 31.2 Å². The first kappa shape index (κ1) is 18.3. The van der Waals surface area contributed by atoms with Crippen molar-refractivity contribution in [3.05, 3.63) is 54.3 Å². The second-order valence-corrected chi connectivity index (χ2v) is 6.70. The zero-order valence-corrected chi connectivity index (χ0v) is 15.3. The van der Waals surface area contributed by atoms with Crippen molar-refractivity contribution in [1.29, 1.82) is 0 Å². The molecule has 0 saturated carbocycles. The highest BCUT2D eigenvalue weighted by Crippen LogP contribution is 2.26. The summed E-state index contributed by atoms with van der Waals surface area (Å²) in [7, 11) is 0. The lowest BCUT2D eigenvalue weighted by Gasteiger charge is -2.29. The van der Waals surface area contributed by atoms with E-state index in [1.165, 1.54) is 12.1 Å². The Labute approximate surface area is 161 Å². The van der Waals surface area contributed by atoms with Crippen LogP contribution in [0.1, 0.15) is 12.8 Å². The number of halogens is 1. The zero-order chi connectivity index (χ0) is 19.3. The molecule has 1 fully saturated rings. The number of carbonyl (C=O) groups excluding carboxylic acids is 1. The number of fused-ring (bicyclic) bond motifs is 1. The van der Waals surface area contributed by atoms with E-state index in [1.54, 1.807) is 12.1 Å². The van der Waals surface area contributed by atoms with Gasteiger partial charge in [-0.05, 0) is 49.2 Å². The standard InChI is InChI=1S/C21H21FN2O4/c22-16-5-7-17(8-6-16)26-13-14-27-20(25)15-9-11-24(12-10-15)21-23-18-3-1-2-4-19(18)28-21/h1-8,15H,9-14H2. The van der Waals surface area contributed by atoms with Crippen molar-refractivity contribution in [1.82, 2.24) is 4.98 Å². The number of para-hydroxylation sites is 2. The lowest BCUT2D eigenvalue weighted by atomic mass is 9.97. The van der Waals surface area contributed by atoms with Gasteiger partial charge in [-0.2, -0.15) is 4.98 Å². The van der Waals surface area contributed by atoms with Crippen LogP contribution in [-0.2, 0) is 9.53 Å². The minimum Gasteiger partial charge on any atom is -0.490 e. The first-order valence-corrected chi connectivity index (χ1v) is 9.34. The number of ether oxygens (including phenoxy) is 2. The third-order valence-corrected chi connectivity index (χ3v) is 4.79. The molecule has 0 amide bonds. The van der Waals surface area contributed by atoms with Crippen molar-refractivity contribution in [3.63, 3.8) is 0 Å². The summed E-state index contributed by atoms with van der Waals surface area (Å²) >= 11 is 0. The molecule has 1 aliphatic heterocycles. The SMILES string of the molecule is O=C(OCCOc1ccc(F)cc1)C1CCN(c2nc3ccccc3o2)CC1. The normalized spacial score (nSPS) is 15.0. The number of hydrogen-bond donors (Lipinski definition) is 0. The molecule has 1 aliphatic rings. The molecule has 146 valence electrons. The quantitative estimate of drug-likeness (QED) is 0.476. The molecular formula is C21H21FN2O4. The molecule has 1 saturated heterocycles. The van der Waals surface area contributed by atoms with Gasteiger partial charge in [0, 0.05) is 13.1 Å². The predicted molar refractivity (Wildman–Crippen MR) is 102 cm³/mol. The summed E-state index contributed by atoms with van der Waals surface area (Å²) in [6.07, 6.45) is 1.38. The highest BCUT2D eigenvalue weighted by Gasteiger charge is 2.28. The van der Waals surface area contributed by atoms with Crippen LogP contribution in [-0.4, -0.2) is 37.3 Å². The Morgan fingerprint density at radius 3 is 2.61 bits per heavy atom. The maximum atomic E-state index is 12.8. The molecule has 0 unspecified atom stereocenters. The fourth-order valence-electron chi connectivity index (χ4n) is 3.25. The van der Waals surface area contributed by atoms with E-state index in [0.717, 1.165) is 11.1 Å². The molecule has 0 N–H and O–H groups in total. The minimum absolute atomic E-state index is 0.133. The average molecular weight is 384 g/mol. The van der Waals surface area contributed by atoms with Gasteiger partial charge in [0.25, 0.3) is 6.01 Å². The molecule has 28 heavy (non-hydrogen) atoms. The van der Waals surface area contributed by atoms with Crippen molar-refractivity contribution < 1.29 is 23.1 Å². The predicted octanol–water partition coefficient (Wildman–Crippen LogP) is 3.81. The van der Waals surface area contributed by atoms with Crippen LogP contribution in [0.2, 0.25) is 0 Å². The number of anilines is 1. The molecule has 3 aromatic rings. The van der Waals surface area contributed by atoms with E-state index in [2.05, 4.69) is 9.88 Å². The second kappa shape index (κ2) is 8.29. The highest BCUT2D eigenvalue weighted by molar-refractivity contribution is 5.75. The van der Waals surface area contributed by atoms with E-state index >= 15 is 0 Å². The molecule has 7 heteroatoms. The van der Waals surface area contributed by atoms with Crippen LogP contribution in [0.25, 0.3) is 11.1 Å². The van der Waals surface area contributed by atoms with Crippen molar-refractivity contribution in [2.24, 2.45) is 5.92 Å². The van der Waals surface area contributed by atoms with Crippen LogP contribution in [0.5, 0.6) is 5.75 Å². The van der Waals surface area contributed by atoms with Crippen LogP contribution >= 0.6 is 0 Å². The lowest BCUT2D eigenvalue weighted by molar-refractivity contribution is -0.150. The molecule has 2 heterocycles. The van der Waals surface area contributed by atoms with Gasteiger partial charge in [-0.15, -0.1) is 0 Å². The summed E-state index contributed by atoms with van der Waals surface area (Å²) in [5, 5.41) is 0. The van der Waals surface area contributed by atoms with E-state index in [-0.39, 0.29) is 30.9 Å². The summed E-state index contributed by atoms with van der Waals surface area (Å²) in [5.41, 5.74) is 1.60. The lowest BCUT2D eigenvalue weighted by Crippen LogP contribution is -2.37. The van der Waals surface area contributed by atoms with E-state index in [4.69, 9.17) is 13.9 Å². The monoisotopic (exact) mass is 384 g/mol. The van der Waals surface area contributed by atoms with Gasteiger partial charge in [0.2, 0.25) is 0 Å². The Balaban J connectivity index is 1.21. The van der Waals surface area contributed by atoms with Gasteiger partial charge < -0.3 is 18.8 Å². The van der Waals surface area contributed by atoms with E-state index in [0.29, 0.717) is 37.7 Å².